The van der Waals surface area contributed by atoms with E-state index in [4.69, 9.17) is 5.11 Å². The Labute approximate surface area is 154 Å². The Morgan fingerprint density at radius 1 is 1.08 bits per heavy atom. The minimum atomic E-state index is -0.833. The molecule has 2 atom stereocenters. The number of carboxylic acid groups (broad SMARTS) is 1. The van der Waals surface area contributed by atoms with Crippen LogP contribution in [0.1, 0.15) is 48.3 Å². The highest BCUT2D eigenvalue weighted by molar-refractivity contribution is 5.84. The molecule has 3 rings (SSSR count). The molecule has 0 aliphatic heterocycles. The molecule has 2 N–H and O–H groups in total. The molecule has 136 valence electrons. The van der Waals surface area contributed by atoms with Gasteiger partial charge < -0.3 is 10.4 Å². The predicted molar refractivity (Wildman–Crippen MR) is 101 cm³/mol. The number of aryl methyl sites for hydroxylation is 1. The first kappa shape index (κ1) is 18.2. The molecule has 4 nitrogen and oxygen atoms in total. The molecule has 26 heavy (non-hydrogen) atoms. The first-order valence-electron chi connectivity index (χ1n) is 9.27. The lowest BCUT2D eigenvalue weighted by Crippen LogP contribution is -2.40. The highest BCUT2D eigenvalue weighted by atomic mass is 16.4. The third kappa shape index (κ3) is 4.72. The van der Waals surface area contributed by atoms with Crippen molar-refractivity contribution in [2.24, 2.45) is 0 Å². The van der Waals surface area contributed by atoms with Gasteiger partial charge in [-0.2, -0.15) is 0 Å². The number of fused-ring (bicyclic) bond motifs is 1. The highest BCUT2D eigenvalue weighted by Crippen LogP contribution is 2.31. The number of hydrogen-bond donors (Lipinski definition) is 2. The minimum Gasteiger partial charge on any atom is -0.481 e. The largest absolute Gasteiger partial charge is 0.481 e. The van der Waals surface area contributed by atoms with Crippen LogP contribution in [-0.4, -0.2) is 23.0 Å². The number of benzene rings is 2. The van der Waals surface area contributed by atoms with Crippen molar-refractivity contribution in [3.05, 3.63) is 71.3 Å². The number of carboxylic acids is 1. The van der Waals surface area contributed by atoms with Gasteiger partial charge >= 0.3 is 5.97 Å². The van der Waals surface area contributed by atoms with Crippen molar-refractivity contribution in [3.8, 4) is 0 Å². The summed E-state index contributed by atoms with van der Waals surface area (Å²) < 4.78 is 0. The first-order chi connectivity index (χ1) is 12.6. The predicted octanol–water partition coefficient (Wildman–Crippen LogP) is 3.70. The van der Waals surface area contributed by atoms with E-state index in [1.54, 1.807) is 0 Å². The number of rotatable bonds is 7. The van der Waals surface area contributed by atoms with Crippen LogP contribution < -0.4 is 5.32 Å². The normalized spacial score (nSPS) is 17.2. The van der Waals surface area contributed by atoms with Gasteiger partial charge in [-0.25, -0.2) is 0 Å². The lowest BCUT2D eigenvalue weighted by molar-refractivity contribution is -0.137. The zero-order valence-corrected chi connectivity index (χ0v) is 14.9. The Hall–Kier alpha value is -2.62. The highest BCUT2D eigenvalue weighted by Gasteiger charge is 2.27. The van der Waals surface area contributed by atoms with Crippen molar-refractivity contribution in [2.75, 3.05) is 0 Å². The molecule has 2 unspecified atom stereocenters. The summed E-state index contributed by atoms with van der Waals surface area (Å²) in [5.74, 6) is -0.952. The lowest BCUT2D eigenvalue weighted by Gasteiger charge is -2.27. The van der Waals surface area contributed by atoms with Crippen LogP contribution in [0.15, 0.2) is 54.6 Å². The summed E-state index contributed by atoms with van der Waals surface area (Å²) in [5, 5.41) is 12.2. The Morgan fingerprint density at radius 3 is 2.58 bits per heavy atom. The average Bonchev–Trinajstić information content (AvgIpc) is 2.66. The summed E-state index contributed by atoms with van der Waals surface area (Å²) in [7, 11) is 0. The van der Waals surface area contributed by atoms with Crippen molar-refractivity contribution in [1.29, 1.82) is 0 Å². The van der Waals surface area contributed by atoms with Crippen molar-refractivity contribution >= 4 is 11.9 Å². The van der Waals surface area contributed by atoms with E-state index < -0.39 is 5.97 Å². The fraction of sp³-hybridized carbons (Fsp3) is 0.364. The molecule has 4 heteroatoms. The van der Waals surface area contributed by atoms with Crippen molar-refractivity contribution in [2.45, 2.75) is 50.5 Å². The quantitative estimate of drug-likeness (QED) is 0.799. The van der Waals surface area contributed by atoms with Crippen LogP contribution in [0.3, 0.4) is 0 Å². The van der Waals surface area contributed by atoms with Crippen molar-refractivity contribution in [3.63, 3.8) is 0 Å². The Balaban J connectivity index is 1.71. The smallest absolute Gasteiger partial charge is 0.303 e. The Bertz CT molecular complexity index is 757. The average molecular weight is 351 g/mol. The second-order valence-electron chi connectivity index (χ2n) is 6.97. The van der Waals surface area contributed by atoms with Gasteiger partial charge in [0.25, 0.3) is 0 Å². The molecular formula is C22H25NO3. The summed E-state index contributed by atoms with van der Waals surface area (Å²) in [4.78, 5) is 23.9. The maximum absolute atomic E-state index is 12.9. The summed E-state index contributed by atoms with van der Waals surface area (Å²) in [6.45, 7) is 0. The van der Waals surface area contributed by atoms with Crippen LogP contribution in [0.4, 0.5) is 0 Å². The Kier molecular flexibility index (Phi) is 6.05. The second kappa shape index (κ2) is 8.65. The zero-order valence-electron chi connectivity index (χ0n) is 14.9. The molecule has 0 radical (unpaired) electrons. The molecule has 1 aliphatic rings. The first-order valence-corrected chi connectivity index (χ1v) is 9.27. The van der Waals surface area contributed by atoms with Crippen LogP contribution in [0.2, 0.25) is 0 Å². The number of carbonyl (C=O) groups is 2. The number of aliphatic carboxylic acids is 1. The molecule has 0 heterocycles. The summed E-state index contributed by atoms with van der Waals surface area (Å²) in [6, 6.07) is 17.9. The third-order valence-corrected chi connectivity index (χ3v) is 5.06. The number of amides is 1. The third-order valence-electron chi connectivity index (χ3n) is 5.06. The van der Waals surface area contributed by atoms with E-state index in [0.717, 1.165) is 30.4 Å². The van der Waals surface area contributed by atoms with Gasteiger partial charge in [-0.15, -0.1) is 0 Å². The van der Waals surface area contributed by atoms with Crippen LogP contribution in [0, 0.1) is 0 Å². The number of hydrogen-bond acceptors (Lipinski definition) is 2. The molecule has 0 bridgehead atoms. The fourth-order valence-corrected chi connectivity index (χ4v) is 3.75. The van der Waals surface area contributed by atoms with E-state index in [9.17, 15) is 9.59 Å². The van der Waals surface area contributed by atoms with E-state index in [-0.39, 0.29) is 24.3 Å². The standard InChI is InChI=1S/C22H25NO3/c24-21(25)14-13-18(15-16-7-2-1-3-8-16)23-22(26)20-12-6-10-17-9-4-5-11-19(17)20/h1-5,7-9,11,18,20H,6,10,12-15H2,(H,23,26)(H,24,25). The summed E-state index contributed by atoms with van der Waals surface area (Å²) in [5.41, 5.74) is 3.48. The Morgan fingerprint density at radius 2 is 1.81 bits per heavy atom. The lowest BCUT2D eigenvalue weighted by atomic mass is 9.82. The van der Waals surface area contributed by atoms with Gasteiger partial charge in [0.2, 0.25) is 5.91 Å². The molecule has 0 saturated carbocycles. The molecule has 0 spiro atoms. The molecule has 0 saturated heterocycles. The molecule has 2 aromatic carbocycles. The summed E-state index contributed by atoms with van der Waals surface area (Å²) >= 11 is 0. The van der Waals surface area contributed by atoms with Crippen LogP contribution >= 0.6 is 0 Å². The maximum Gasteiger partial charge on any atom is 0.303 e. The van der Waals surface area contributed by atoms with E-state index >= 15 is 0 Å². The minimum absolute atomic E-state index is 0.0171. The summed E-state index contributed by atoms with van der Waals surface area (Å²) in [6.07, 6.45) is 4.01. The van der Waals surface area contributed by atoms with E-state index in [0.29, 0.717) is 12.8 Å². The maximum atomic E-state index is 12.9. The van der Waals surface area contributed by atoms with Gasteiger partial charge in [0.1, 0.15) is 0 Å². The van der Waals surface area contributed by atoms with Gasteiger partial charge in [-0.3, -0.25) is 9.59 Å². The monoisotopic (exact) mass is 351 g/mol. The molecule has 1 amide bonds. The van der Waals surface area contributed by atoms with Gasteiger partial charge in [0.15, 0.2) is 0 Å². The van der Waals surface area contributed by atoms with Crippen LogP contribution in [0.25, 0.3) is 0 Å². The van der Waals surface area contributed by atoms with E-state index in [2.05, 4.69) is 11.4 Å². The molecule has 1 aliphatic carbocycles. The number of nitrogens with one attached hydrogen (secondary N) is 1. The van der Waals surface area contributed by atoms with Gasteiger partial charge in [-0.1, -0.05) is 54.6 Å². The SMILES string of the molecule is O=C(O)CCC(Cc1ccccc1)NC(=O)C1CCCc2ccccc21. The van der Waals surface area contributed by atoms with Crippen LogP contribution in [-0.2, 0) is 22.4 Å². The van der Waals surface area contributed by atoms with Crippen molar-refractivity contribution in [1.82, 2.24) is 5.32 Å². The zero-order chi connectivity index (χ0) is 18.4. The fourth-order valence-electron chi connectivity index (χ4n) is 3.75. The van der Waals surface area contributed by atoms with E-state index in [1.807, 2.05) is 48.5 Å². The van der Waals surface area contributed by atoms with Gasteiger partial charge in [-0.05, 0) is 48.8 Å². The van der Waals surface area contributed by atoms with E-state index in [1.165, 1.54) is 5.56 Å². The van der Waals surface area contributed by atoms with Gasteiger partial charge in [0.05, 0.1) is 5.92 Å². The molecular weight excluding hydrogens is 326 g/mol. The van der Waals surface area contributed by atoms with Gasteiger partial charge in [0, 0.05) is 12.5 Å². The van der Waals surface area contributed by atoms with Crippen LogP contribution in [0.5, 0.6) is 0 Å². The second-order valence-corrected chi connectivity index (χ2v) is 6.97. The number of carbonyl (C=O) groups excluding carboxylic acids is 1. The molecule has 2 aromatic rings. The van der Waals surface area contributed by atoms with Crippen molar-refractivity contribution < 1.29 is 14.7 Å². The topological polar surface area (TPSA) is 66.4 Å². The molecule has 0 fully saturated rings. The molecule has 0 aromatic heterocycles.